The molecule has 4 rings (SSSR count). The number of aryl methyl sites for hydroxylation is 2. The predicted octanol–water partition coefficient (Wildman–Crippen LogP) is 5.53. The zero-order valence-electron chi connectivity index (χ0n) is 21.5. The molecule has 0 bridgehead atoms. The van der Waals surface area contributed by atoms with Gasteiger partial charge in [-0.15, -0.1) is 0 Å². The molecule has 6 nitrogen and oxygen atoms in total. The van der Waals surface area contributed by atoms with Crippen LogP contribution in [0, 0.1) is 12.8 Å². The summed E-state index contributed by atoms with van der Waals surface area (Å²) in [4.78, 5) is 2.35. The van der Waals surface area contributed by atoms with Gasteiger partial charge in [0.1, 0.15) is 5.75 Å². The Morgan fingerprint density at radius 3 is 2.43 bits per heavy atom. The molecule has 0 aliphatic heterocycles. The molecule has 2 aromatic carbocycles. The van der Waals surface area contributed by atoms with Crippen LogP contribution in [0.2, 0.25) is 0 Å². The van der Waals surface area contributed by atoms with Gasteiger partial charge in [0.25, 0.3) is 0 Å². The number of hydrogen-bond donors (Lipinski definition) is 1. The lowest BCUT2D eigenvalue weighted by molar-refractivity contribution is -0.0101. The van der Waals surface area contributed by atoms with Crippen molar-refractivity contribution in [2.24, 2.45) is 5.92 Å². The third-order valence-corrected chi connectivity index (χ3v) is 6.28. The van der Waals surface area contributed by atoms with E-state index in [1.807, 2.05) is 61.0 Å². The number of aromatic nitrogens is 2. The molecule has 1 N–H and O–H groups in total. The van der Waals surface area contributed by atoms with Gasteiger partial charge in [-0.2, -0.15) is 5.10 Å². The molecule has 1 atom stereocenters. The third-order valence-electron chi connectivity index (χ3n) is 6.28. The molecular weight excluding hydrogens is 438 g/mol. The van der Waals surface area contributed by atoms with E-state index in [0.29, 0.717) is 25.6 Å². The van der Waals surface area contributed by atoms with Crippen LogP contribution in [0.3, 0.4) is 0 Å². The van der Waals surface area contributed by atoms with Gasteiger partial charge in [0.15, 0.2) is 0 Å². The van der Waals surface area contributed by atoms with Gasteiger partial charge in [-0.05, 0) is 70.2 Å². The topological polar surface area (TPSA) is 59.8 Å². The normalized spacial score (nSPS) is 14.6. The van der Waals surface area contributed by atoms with Crippen LogP contribution in [0.1, 0.15) is 50.4 Å². The summed E-state index contributed by atoms with van der Waals surface area (Å²) in [7, 11) is 0. The molecule has 1 saturated carbocycles. The van der Waals surface area contributed by atoms with E-state index in [9.17, 15) is 5.11 Å². The van der Waals surface area contributed by atoms with Crippen molar-refractivity contribution in [1.82, 2.24) is 14.7 Å². The summed E-state index contributed by atoms with van der Waals surface area (Å²) < 4.78 is 14.1. The van der Waals surface area contributed by atoms with E-state index in [-0.39, 0.29) is 6.10 Å². The summed E-state index contributed by atoms with van der Waals surface area (Å²) >= 11 is 0. The highest BCUT2D eigenvalue weighted by atomic mass is 16.5. The monoisotopic (exact) mass is 477 g/mol. The van der Waals surface area contributed by atoms with Crippen LogP contribution >= 0.6 is 0 Å². The minimum atomic E-state index is -0.535. The van der Waals surface area contributed by atoms with Crippen LogP contribution in [0.25, 0.3) is 5.69 Å². The van der Waals surface area contributed by atoms with Gasteiger partial charge in [-0.25, -0.2) is 4.68 Å². The molecular formula is C29H39N3O3. The first-order valence-corrected chi connectivity index (χ1v) is 12.9. The molecule has 1 fully saturated rings. The quantitative estimate of drug-likeness (QED) is 0.351. The number of nitrogens with zero attached hydrogens (tertiary/aromatic N) is 3. The highest BCUT2D eigenvalue weighted by Gasteiger charge is 2.28. The predicted molar refractivity (Wildman–Crippen MR) is 139 cm³/mol. The highest BCUT2D eigenvalue weighted by molar-refractivity contribution is 5.44. The lowest BCUT2D eigenvalue weighted by atomic mass is 10.1. The summed E-state index contributed by atoms with van der Waals surface area (Å²) in [6, 6.07) is 18.3. The van der Waals surface area contributed by atoms with Crippen LogP contribution < -0.4 is 4.74 Å². The summed E-state index contributed by atoms with van der Waals surface area (Å²) in [5.74, 6) is 2.23. The maximum Gasteiger partial charge on any atom is 0.227 e. The van der Waals surface area contributed by atoms with Crippen LogP contribution in [0.4, 0.5) is 0 Å². The van der Waals surface area contributed by atoms with Crippen LogP contribution in [0.15, 0.2) is 54.6 Å². The molecule has 1 heterocycles. The number of aliphatic hydroxyl groups is 1. The first kappa shape index (κ1) is 25.4. The van der Waals surface area contributed by atoms with Gasteiger partial charge in [0.05, 0.1) is 35.8 Å². The molecule has 6 heteroatoms. The third kappa shape index (κ3) is 7.17. The molecule has 0 spiro atoms. The van der Waals surface area contributed by atoms with E-state index in [2.05, 4.69) is 30.9 Å². The largest absolute Gasteiger partial charge is 0.439 e. The number of benzene rings is 2. The van der Waals surface area contributed by atoms with Crippen molar-refractivity contribution in [3.8, 4) is 17.3 Å². The van der Waals surface area contributed by atoms with E-state index in [0.717, 1.165) is 41.5 Å². The van der Waals surface area contributed by atoms with E-state index < -0.39 is 6.10 Å². The molecule has 3 aromatic rings. The van der Waals surface area contributed by atoms with Crippen LogP contribution in [-0.4, -0.2) is 51.7 Å². The minimum absolute atomic E-state index is 0.104. The Labute approximate surface area is 209 Å². The SMILES string of the molecule is CCc1nn(-c2ccccc2)c(Oc2ccc(C)cc2)c1CN(CC1CC1)C[C@@H](O)COC(C)C. The molecule has 35 heavy (non-hydrogen) atoms. The second-order valence-corrected chi connectivity index (χ2v) is 9.92. The molecule has 0 radical (unpaired) electrons. The zero-order valence-corrected chi connectivity index (χ0v) is 21.5. The van der Waals surface area contributed by atoms with Crippen LogP contribution in [0.5, 0.6) is 11.6 Å². The second-order valence-electron chi connectivity index (χ2n) is 9.92. The standard InChI is InChI=1S/C29H39N3O3/c1-5-28-27(19-31(17-23-13-14-23)18-25(33)20-34-21(2)3)29(35-26-15-11-22(4)12-16-26)32(30-28)24-9-7-6-8-10-24/h6-12,15-16,21,23,25,33H,5,13-14,17-20H2,1-4H3/t25-/m1/s1. The van der Waals surface area contributed by atoms with E-state index >= 15 is 0 Å². The molecule has 0 unspecified atom stereocenters. The first-order valence-electron chi connectivity index (χ1n) is 12.9. The Bertz CT molecular complexity index is 1060. The maximum atomic E-state index is 10.7. The van der Waals surface area contributed by atoms with Gasteiger partial charge in [-0.1, -0.05) is 42.8 Å². The number of hydrogen-bond acceptors (Lipinski definition) is 5. The smallest absolute Gasteiger partial charge is 0.227 e. The Morgan fingerprint density at radius 2 is 1.80 bits per heavy atom. The Balaban J connectivity index is 1.66. The van der Waals surface area contributed by atoms with Crippen molar-refractivity contribution < 1.29 is 14.6 Å². The fourth-order valence-corrected chi connectivity index (χ4v) is 4.23. The lowest BCUT2D eigenvalue weighted by Gasteiger charge is -2.26. The Morgan fingerprint density at radius 1 is 1.09 bits per heavy atom. The highest BCUT2D eigenvalue weighted by Crippen LogP contribution is 2.34. The van der Waals surface area contributed by atoms with Gasteiger partial charge in [-0.3, -0.25) is 4.90 Å². The Kier molecular flexibility index (Phi) is 8.60. The molecule has 1 aliphatic carbocycles. The fourth-order valence-electron chi connectivity index (χ4n) is 4.23. The summed E-state index contributed by atoms with van der Waals surface area (Å²) in [6.07, 6.45) is 2.88. The van der Waals surface area contributed by atoms with Gasteiger partial charge >= 0.3 is 0 Å². The molecule has 1 aliphatic rings. The average Bonchev–Trinajstić information content (AvgIpc) is 3.60. The summed E-state index contributed by atoms with van der Waals surface area (Å²) in [5.41, 5.74) is 4.26. The Hall–Kier alpha value is -2.67. The van der Waals surface area contributed by atoms with Crippen molar-refractivity contribution in [1.29, 1.82) is 0 Å². The molecule has 0 amide bonds. The molecule has 0 saturated heterocycles. The summed E-state index contributed by atoms with van der Waals surface area (Å²) in [6.45, 7) is 10.7. The van der Waals surface area contributed by atoms with Crippen molar-refractivity contribution in [2.45, 2.75) is 65.7 Å². The van der Waals surface area contributed by atoms with E-state index in [1.165, 1.54) is 18.4 Å². The van der Waals surface area contributed by atoms with Gasteiger partial charge in [0, 0.05) is 19.6 Å². The number of ether oxygens (including phenoxy) is 2. The van der Waals surface area contributed by atoms with Gasteiger partial charge < -0.3 is 14.6 Å². The van der Waals surface area contributed by atoms with E-state index in [4.69, 9.17) is 14.6 Å². The number of para-hydroxylation sites is 1. The average molecular weight is 478 g/mol. The first-order chi connectivity index (χ1) is 16.9. The zero-order chi connectivity index (χ0) is 24.8. The van der Waals surface area contributed by atoms with Crippen molar-refractivity contribution >= 4 is 0 Å². The number of aliphatic hydroxyl groups excluding tert-OH is 1. The number of rotatable bonds is 13. The van der Waals surface area contributed by atoms with Crippen molar-refractivity contribution in [3.63, 3.8) is 0 Å². The molecule has 188 valence electrons. The minimum Gasteiger partial charge on any atom is -0.439 e. The lowest BCUT2D eigenvalue weighted by Crippen LogP contribution is -2.36. The maximum absolute atomic E-state index is 10.7. The second kappa shape index (κ2) is 11.8. The van der Waals surface area contributed by atoms with Crippen molar-refractivity contribution in [3.05, 3.63) is 71.4 Å². The van der Waals surface area contributed by atoms with Crippen molar-refractivity contribution in [2.75, 3.05) is 19.7 Å². The van der Waals surface area contributed by atoms with E-state index in [1.54, 1.807) is 0 Å². The fraction of sp³-hybridized carbons (Fsp3) is 0.483. The summed E-state index contributed by atoms with van der Waals surface area (Å²) in [5, 5.41) is 15.7. The van der Waals surface area contributed by atoms with Gasteiger partial charge in [0.2, 0.25) is 5.88 Å². The molecule has 1 aromatic heterocycles. The van der Waals surface area contributed by atoms with Crippen LogP contribution in [-0.2, 0) is 17.7 Å².